The third-order valence-corrected chi connectivity index (χ3v) is 7.99. The van der Waals surface area contributed by atoms with Gasteiger partial charge in [-0.2, -0.15) is 0 Å². The average molecular weight is 566 g/mol. The molecule has 0 saturated heterocycles. The van der Waals surface area contributed by atoms with Gasteiger partial charge in [0, 0.05) is 48.5 Å². The number of nitrogens with one attached hydrogen (secondary N) is 1. The van der Waals surface area contributed by atoms with E-state index in [2.05, 4.69) is 5.32 Å². The maximum absolute atomic E-state index is 14.8. The van der Waals surface area contributed by atoms with E-state index in [1.807, 2.05) is 80.6 Å². The molecule has 0 aromatic heterocycles. The van der Waals surface area contributed by atoms with Crippen molar-refractivity contribution >= 4 is 34.2 Å². The molecule has 4 aromatic rings. The number of anilines is 1. The van der Waals surface area contributed by atoms with E-state index >= 15 is 0 Å². The van der Waals surface area contributed by atoms with Crippen LogP contribution in [0.5, 0.6) is 0 Å². The summed E-state index contributed by atoms with van der Waals surface area (Å²) in [6.07, 6.45) is 1.54. The summed E-state index contributed by atoms with van der Waals surface area (Å²) < 4.78 is 14.8. The first-order valence-electron chi connectivity index (χ1n) is 14.6. The number of hydrogen-bond acceptors (Lipinski definition) is 3. The third kappa shape index (κ3) is 6.20. The molecule has 1 aliphatic rings. The number of amides is 3. The van der Waals surface area contributed by atoms with Crippen LogP contribution in [0.1, 0.15) is 54.6 Å². The van der Waals surface area contributed by atoms with E-state index in [9.17, 15) is 18.8 Å². The summed E-state index contributed by atoms with van der Waals surface area (Å²) >= 11 is 0. The Balaban J connectivity index is 1.38. The molecule has 3 amide bonds. The van der Waals surface area contributed by atoms with Crippen LogP contribution in [0.4, 0.5) is 10.1 Å². The summed E-state index contributed by atoms with van der Waals surface area (Å²) in [6, 6.07) is 26.5. The van der Waals surface area contributed by atoms with Gasteiger partial charge < -0.3 is 15.1 Å². The molecule has 0 radical (unpaired) electrons. The van der Waals surface area contributed by atoms with E-state index in [0.29, 0.717) is 30.5 Å². The Kier molecular flexibility index (Phi) is 8.96. The summed E-state index contributed by atoms with van der Waals surface area (Å²) in [7, 11) is 0. The first-order valence-corrected chi connectivity index (χ1v) is 14.6. The molecule has 5 rings (SSSR count). The topological polar surface area (TPSA) is 69.7 Å². The number of rotatable bonds is 12. The molecule has 0 aliphatic carbocycles. The second-order valence-electron chi connectivity index (χ2n) is 10.9. The largest absolute Gasteiger partial charge is 0.352 e. The van der Waals surface area contributed by atoms with Crippen LogP contribution >= 0.6 is 0 Å². The van der Waals surface area contributed by atoms with Crippen molar-refractivity contribution in [1.82, 2.24) is 10.2 Å². The SMILES string of the molecule is CC[C@@H](C)NC(=O)[C@H](Cc1ccccc1)N(Cc1ccccc1F)C(=O)CCCN1C(=O)c2cccc3cccc1c23. The minimum absolute atomic E-state index is 0.0374. The van der Waals surface area contributed by atoms with Crippen molar-refractivity contribution in [3.63, 3.8) is 0 Å². The molecule has 2 atom stereocenters. The standard InChI is InChI=1S/C35H36FN3O3/c1-3-24(2)37-34(41)31(22-25-12-5-4-6-13-25)39(23-27-14-7-8-18-29(27)36)32(40)20-11-21-38-30-19-10-16-26-15-9-17-28(33(26)30)35(38)42/h4-10,12-19,24,31H,3,11,20-23H2,1-2H3,(H,37,41)/t24-,31+/m1/s1. The van der Waals surface area contributed by atoms with Gasteiger partial charge in [-0.3, -0.25) is 14.4 Å². The molecular formula is C35H36FN3O3. The number of nitrogens with zero attached hydrogens (tertiary/aromatic N) is 2. The molecular weight excluding hydrogens is 529 g/mol. The molecule has 216 valence electrons. The minimum atomic E-state index is -0.833. The zero-order chi connectivity index (χ0) is 29.6. The van der Waals surface area contributed by atoms with E-state index in [4.69, 9.17) is 0 Å². The molecule has 0 bridgehead atoms. The van der Waals surface area contributed by atoms with Crippen molar-refractivity contribution in [2.45, 2.75) is 58.2 Å². The van der Waals surface area contributed by atoms with Crippen LogP contribution in [0.2, 0.25) is 0 Å². The quantitative estimate of drug-likeness (QED) is 0.220. The molecule has 42 heavy (non-hydrogen) atoms. The highest BCUT2D eigenvalue weighted by atomic mass is 19.1. The van der Waals surface area contributed by atoms with E-state index in [-0.39, 0.29) is 36.7 Å². The third-order valence-electron chi connectivity index (χ3n) is 7.99. The number of hydrogen-bond donors (Lipinski definition) is 1. The van der Waals surface area contributed by atoms with Crippen LogP contribution < -0.4 is 10.2 Å². The average Bonchev–Trinajstić information content (AvgIpc) is 3.28. The van der Waals surface area contributed by atoms with Gasteiger partial charge in [0.2, 0.25) is 11.8 Å². The smallest absolute Gasteiger partial charge is 0.258 e. The Morgan fingerprint density at radius 3 is 2.38 bits per heavy atom. The Morgan fingerprint density at radius 2 is 1.64 bits per heavy atom. The number of halogens is 1. The fourth-order valence-electron chi connectivity index (χ4n) is 5.54. The van der Waals surface area contributed by atoms with Gasteiger partial charge >= 0.3 is 0 Å². The van der Waals surface area contributed by atoms with Crippen molar-refractivity contribution in [1.29, 1.82) is 0 Å². The molecule has 0 spiro atoms. The summed E-state index contributed by atoms with van der Waals surface area (Å²) in [6.45, 7) is 4.22. The zero-order valence-corrected chi connectivity index (χ0v) is 24.1. The highest BCUT2D eigenvalue weighted by Crippen LogP contribution is 2.37. The summed E-state index contributed by atoms with van der Waals surface area (Å²) in [5, 5.41) is 4.97. The van der Waals surface area contributed by atoms with Crippen molar-refractivity contribution < 1.29 is 18.8 Å². The van der Waals surface area contributed by atoms with Gasteiger partial charge in [-0.05, 0) is 48.9 Å². The van der Waals surface area contributed by atoms with Gasteiger partial charge in [0.05, 0.1) is 5.69 Å². The number of carbonyl (C=O) groups is 3. The highest BCUT2D eigenvalue weighted by Gasteiger charge is 2.33. The second-order valence-corrected chi connectivity index (χ2v) is 10.9. The van der Waals surface area contributed by atoms with Gasteiger partial charge in [-0.1, -0.05) is 79.7 Å². The molecule has 0 fully saturated rings. The van der Waals surface area contributed by atoms with Gasteiger partial charge in [0.15, 0.2) is 0 Å². The van der Waals surface area contributed by atoms with E-state index < -0.39 is 11.9 Å². The van der Waals surface area contributed by atoms with Crippen LogP contribution in [-0.2, 0) is 22.6 Å². The molecule has 4 aromatic carbocycles. The fourth-order valence-corrected chi connectivity index (χ4v) is 5.54. The van der Waals surface area contributed by atoms with E-state index in [1.54, 1.807) is 23.1 Å². The Morgan fingerprint density at radius 1 is 0.929 bits per heavy atom. The monoisotopic (exact) mass is 565 g/mol. The van der Waals surface area contributed by atoms with Crippen molar-refractivity contribution in [3.05, 3.63) is 114 Å². The van der Waals surface area contributed by atoms with Gasteiger partial charge in [0.1, 0.15) is 11.9 Å². The molecule has 1 heterocycles. The number of carbonyl (C=O) groups excluding carboxylic acids is 3. The maximum atomic E-state index is 14.8. The summed E-state index contributed by atoms with van der Waals surface area (Å²) in [4.78, 5) is 44.0. The van der Waals surface area contributed by atoms with Crippen molar-refractivity contribution in [3.8, 4) is 0 Å². The molecule has 1 N–H and O–H groups in total. The lowest BCUT2D eigenvalue weighted by molar-refractivity contribution is -0.141. The lowest BCUT2D eigenvalue weighted by Gasteiger charge is -2.32. The van der Waals surface area contributed by atoms with Crippen LogP contribution in [0.25, 0.3) is 10.8 Å². The number of benzene rings is 4. The summed E-state index contributed by atoms with van der Waals surface area (Å²) in [5.74, 6) is -1.03. The summed E-state index contributed by atoms with van der Waals surface area (Å²) in [5.41, 5.74) is 2.76. The lowest BCUT2D eigenvalue weighted by Crippen LogP contribution is -2.52. The highest BCUT2D eigenvalue weighted by molar-refractivity contribution is 6.25. The zero-order valence-electron chi connectivity index (χ0n) is 24.1. The van der Waals surface area contributed by atoms with Crippen LogP contribution in [0.3, 0.4) is 0 Å². The van der Waals surface area contributed by atoms with Gasteiger partial charge in [-0.25, -0.2) is 4.39 Å². The lowest BCUT2D eigenvalue weighted by atomic mass is 10.0. The van der Waals surface area contributed by atoms with Gasteiger partial charge in [0.25, 0.3) is 5.91 Å². The molecule has 0 saturated carbocycles. The van der Waals surface area contributed by atoms with Gasteiger partial charge in [-0.15, -0.1) is 0 Å². The predicted octanol–water partition coefficient (Wildman–Crippen LogP) is 6.27. The predicted molar refractivity (Wildman–Crippen MR) is 164 cm³/mol. The first-order chi connectivity index (χ1) is 20.4. The molecule has 1 aliphatic heterocycles. The molecule has 7 heteroatoms. The molecule has 0 unspecified atom stereocenters. The molecule has 6 nitrogen and oxygen atoms in total. The van der Waals surface area contributed by atoms with Crippen molar-refractivity contribution in [2.24, 2.45) is 0 Å². The Bertz CT molecular complexity index is 1580. The van der Waals surface area contributed by atoms with Crippen LogP contribution in [-0.4, -0.2) is 41.2 Å². The Labute approximate surface area is 246 Å². The normalized spacial score (nSPS) is 13.7. The van der Waals surface area contributed by atoms with E-state index in [0.717, 1.165) is 28.4 Å². The minimum Gasteiger partial charge on any atom is -0.352 e. The second kappa shape index (κ2) is 13.0. The fraction of sp³-hybridized carbons (Fsp3) is 0.286. The van der Waals surface area contributed by atoms with E-state index in [1.165, 1.54) is 11.0 Å². The van der Waals surface area contributed by atoms with Crippen LogP contribution in [0, 0.1) is 5.82 Å². The van der Waals surface area contributed by atoms with Crippen molar-refractivity contribution in [2.75, 3.05) is 11.4 Å². The first kappa shape index (κ1) is 29.0. The maximum Gasteiger partial charge on any atom is 0.258 e. The van der Waals surface area contributed by atoms with Crippen LogP contribution in [0.15, 0.2) is 91.0 Å². The Hall–Kier alpha value is -4.52.